The van der Waals surface area contributed by atoms with Gasteiger partial charge in [0.1, 0.15) is 4.90 Å². The Kier molecular flexibility index (Phi) is 5.02. The van der Waals surface area contributed by atoms with Crippen LogP contribution in [0.2, 0.25) is 10.0 Å². The highest BCUT2D eigenvalue weighted by molar-refractivity contribution is 7.89. The van der Waals surface area contributed by atoms with Crippen LogP contribution < -0.4 is 5.73 Å². The molecule has 21 heavy (non-hydrogen) atoms. The number of ether oxygens (including phenoxy) is 1. The lowest BCUT2D eigenvalue weighted by atomic mass is 10.2. The number of hydrogen-bond donors (Lipinski definition) is 2. The molecule has 0 radical (unpaired) electrons. The second-order valence-electron chi connectivity index (χ2n) is 4.88. The minimum Gasteiger partial charge on any atom is -0.399 e. The van der Waals surface area contributed by atoms with Crippen molar-refractivity contribution in [1.82, 2.24) is 4.31 Å². The Hall–Kier alpha value is -0.570. The fraction of sp³-hybridized carbons (Fsp3) is 0.500. The maximum atomic E-state index is 12.8. The van der Waals surface area contributed by atoms with E-state index in [2.05, 4.69) is 0 Å². The highest BCUT2D eigenvalue weighted by Gasteiger charge is 2.37. The largest absolute Gasteiger partial charge is 0.399 e. The number of anilines is 1. The summed E-state index contributed by atoms with van der Waals surface area (Å²) in [5.74, 6) is 0. The van der Waals surface area contributed by atoms with Crippen LogP contribution >= 0.6 is 23.2 Å². The van der Waals surface area contributed by atoms with Gasteiger partial charge in [-0.25, -0.2) is 8.42 Å². The quantitative estimate of drug-likeness (QED) is 0.799. The van der Waals surface area contributed by atoms with Crippen LogP contribution in [0.15, 0.2) is 17.0 Å². The van der Waals surface area contributed by atoms with E-state index in [0.29, 0.717) is 0 Å². The van der Waals surface area contributed by atoms with Crippen LogP contribution in [0.3, 0.4) is 0 Å². The molecule has 3 N–H and O–H groups in total. The van der Waals surface area contributed by atoms with E-state index in [4.69, 9.17) is 38.8 Å². The second kappa shape index (κ2) is 6.28. The number of aliphatic hydroxyl groups is 1. The number of halogens is 2. The predicted octanol–water partition coefficient (Wildman–Crippen LogP) is 1.35. The molecule has 0 amide bonds. The summed E-state index contributed by atoms with van der Waals surface area (Å²) in [4.78, 5) is -0.175. The number of aliphatic hydroxyl groups excluding tert-OH is 1. The van der Waals surface area contributed by atoms with Gasteiger partial charge in [-0.2, -0.15) is 4.31 Å². The van der Waals surface area contributed by atoms with Crippen molar-refractivity contribution in [2.24, 2.45) is 0 Å². The fourth-order valence-corrected chi connectivity index (χ4v) is 5.01. The first-order chi connectivity index (χ1) is 9.77. The van der Waals surface area contributed by atoms with Crippen LogP contribution in [-0.4, -0.2) is 49.7 Å². The Morgan fingerprint density at radius 3 is 2.52 bits per heavy atom. The Balaban J connectivity index is 2.46. The summed E-state index contributed by atoms with van der Waals surface area (Å²) >= 11 is 12.0. The zero-order valence-corrected chi connectivity index (χ0v) is 13.6. The van der Waals surface area contributed by atoms with Crippen molar-refractivity contribution in [1.29, 1.82) is 0 Å². The fourth-order valence-electron chi connectivity index (χ4n) is 2.18. The van der Waals surface area contributed by atoms with Crippen molar-refractivity contribution in [3.63, 3.8) is 0 Å². The van der Waals surface area contributed by atoms with Crippen LogP contribution in [0.25, 0.3) is 0 Å². The zero-order chi connectivity index (χ0) is 15.8. The van der Waals surface area contributed by atoms with Gasteiger partial charge in [-0.15, -0.1) is 0 Å². The summed E-state index contributed by atoms with van der Waals surface area (Å²) < 4.78 is 32.2. The van der Waals surface area contributed by atoms with E-state index in [-0.39, 0.29) is 46.4 Å². The summed E-state index contributed by atoms with van der Waals surface area (Å²) in [5, 5.41) is 9.10. The normalized spacial score (nSPS) is 24.2. The molecule has 6 nitrogen and oxygen atoms in total. The molecule has 0 saturated carbocycles. The van der Waals surface area contributed by atoms with Crippen LogP contribution in [0, 0.1) is 0 Å². The van der Waals surface area contributed by atoms with Crippen LogP contribution in [0.5, 0.6) is 0 Å². The zero-order valence-electron chi connectivity index (χ0n) is 11.3. The third-order valence-electron chi connectivity index (χ3n) is 3.24. The minimum absolute atomic E-state index is 0.0285. The monoisotopic (exact) mass is 354 g/mol. The van der Waals surface area contributed by atoms with Crippen molar-refractivity contribution >= 4 is 38.9 Å². The van der Waals surface area contributed by atoms with Gasteiger partial charge in [-0.1, -0.05) is 23.2 Å². The van der Waals surface area contributed by atoms with E-state index in [1.807, 2.05) is 0 Å². The van der Waals surface area contributed by atoms with Gasteiger partial charge in [-0.3, -0.25) is 0 Å². The molecular weight excluding hydrogens is 339 g/mol. The van der Waals surface area contributed by atoms with Crippen molar-refractivity contribution in [3.05, 3.63) is 22.2 Å². The van der Waals surface area contributed by atoms with Gasteiger partial charge in [0.25, 0.3) is 0 Å². The first-order valence-electron chi connectivity index (χ1n) is 6.26. The number of nitrogen functional groups attached to an aromatic ring is 1. The summed E-state index contributed by atoms with van der Waals surface area (Å²) in [6.45, 7) is 1.68. The molecular formula is C12H16Cl2N2O4S. The lowest BCUT2D eigenvalue weighted by Gasteiger charge is -2.36. The van der Waals surface area contributed by atoms with Gasteiger partial charge in [0.15, 0.2) is 0 Å². The number of nitrogens with two attached hydrogens (primary N) is 1. The number of rotatable bonds is 3. The summed E-state index contributed by atoms with van der Waals surface area (Å²) in [6, 6.07) is 2.30. The highest BCUT2D eigenvalue weighted by atomic mass is 35.5. The topological polar surface area (TPSA) is 92.9 Å². The SMILES string of the molecule is CC1COC(CO)CN1S(=O)(=O)c1c(Cl)cc(N)cc1Cl. The van der Waals surface area contributed by atoms with Crippen LogP contribution in [0.1, 0.15) is 6.92 Å². The molecule has 1 aliphatic rings. The molecule has 1 aliphatic heterocycles. The molecule has 1 heterocycles. The Morgan fingerprint density at radius 2 is 2.00 bits per heavy atom. The number of nitrogens with zero attached hydrogens (tertiary/aromatic N) is 1. The minimum atomic E-state index is -3.91. The van der Waals surface area contributed by atoms with Gasteiger partial charge >= 0.3 is 0 Å². The number of hydrogen-bond acceptors (Lipinski definition) is 5. The molecule has 1 aromatic rings. The van der Waals surface area contributed by atoms with E-state index in [1.165, 1.54) is 16.4 Å². The molecule has 2 unspecified atom stereocenters. The third kappa shape index (κ3) is 3.28. The van der Waals surface area contributed by atoms with E-state index in [9.17, 15) is 8.42 Å². The van der Waals surface area contributed by atoms with Crippen molar-refractivity contribution in [3.8, 4) is 0 Å². The molecule has 2 rings (SSSR count). The number of morpholine rings is 1. The molecule has 0 aromatic heterocycles. The smallest absolute Gasteiger partial charge is 0.246 e. The molecule has 1 saturated heterocycles. The second-order valence-corrected chi connectivity index (χ2v) is 7.52. The lowest BCUT2D eigenvalue weighted by Crippen LogP contribution is -2.51. The van der Waals surface area contributed by atoms with Crippen molar-refractivity contribution < 1.29 is 18.3 Å². The number of sulfonamides is 1. The average molecular weight is 355 g/mol. The molecule has 0 spiro atoms. The molecule has 1 fully saturated rings. The van der Waals surface area contributed by atoms with E-state index >= 15 is 0 Å². The van der Waals surface area contributed by atoms with Crippen LogP contribution in [-0.2, 0) is 14.8 Å². The molecule has 2 atom stereocenters. The van der Waals surface area contributed by atoms with Gasteiger partial charge < -0.3 is 15.6 Å². The number of benzene rings is 1. The van der Waals surface area contributed by atoms with E-state index in [0.717, 1.165) is 0 Å². The Labute approximate surface area is 133 Å². The summed E-state index contributed by atoms with van der Waals surface area (Å²) in [5.41, 5.74) is 5.88. The van der Waals surface area contributed by atoms with Gasteiger partial charge in [0.2, 0.25) is 10.0 Å². The summed E-state index contributed by atoms with van der Waals surface area (Å²) in [7, 11) is -3.91. The Morgan fingerprint density at radius 1 is 1.43 bits per heavy atom. The van der Waals surface area contributed by atoms with Gasteiger partial charge in [0, 0.05) is 18.3 Å². The molecule has 0 aliphatic carbocycles. The third-order valence-corrected chi connectivity index (χ3v) is 6.14. The van der Waals surface area contributed by atoms with Crippen molar-refractivity contribution in [2.45, 2.75) is 24.0 Å². The highest BCUT2D eigenvalue weighted by Crippen LogP contribution is 2.35. The first kappa shape index (κ1) is 16.8. The first-order valence-corrected chi connectivity index (χ1v) is 8.45. The Bertz CT molecular complexity index is 615. The van der Waals surface area contributed by atoms with E-state index < -0.39 is 16.1 Å². The van der Waals surface area contributed by atoms with Crippen LogP contribution in [0.4, 0.5) is 5.69 Å². The molecule has 0 bridgehead atoms. The summed E-state index contributed by atoms with van der Waals surface area (Å²) in [6.07, 6.45) is -0.567. The maximum Gasteiger partial charge on any atom is 0.246 e. The van der Waals surface area contributed by atoms with E-state index in [1.54, 1.807) is 6.92 Å². The standard InChI is InChI=1S/C12H16Cl2N2O4S/c1-7-6-20-9(5-17)4-16(7)21(18,19)12-10(13)2-8(15)3-11(12)14/h2-3,7,9,17H,4-6,15H2,1H3. The lowest BCUT2D eigenvalue weighted by molar-refractivity contribution is -0.0516. The van der Waals surface area contributed by atoms with Crippen molar-refractivity contribution in [2.75, 3.05) is 25.5 Å². The molecule has 9 heteroatoms. The molecule has 1 aromatic carbocycles. The van der Waals surface area contributed by atoms with Gasteiger partial charge in [-0.05, 0) is 19.1 Å². The maximum absolute atomic E-state index is 12.8. The predicted molar refractivity (Wildman–Crippen MR) is 81.1 cm³/mol. The molecule has 118 valence electrons. The average Bonchev–Trinajstić information content (AvgIpc) is 2.37. The van der Waals surface area contributed by atoms with Gasteiger partial charge in [0.05, 0.1) is 29.4 Å².